The Balaban J connectivity index is 2.15. The fourth-order valence-electron chi connectivity index (χ4n) is 1.86. The van der Waals surface area contributed by atoms with Gasteiger partial charge in [0, 0.05) is 11.8 Å². The lowest BCUT2D eigenvalue weighted by atomic mass is 10.1. The first-order chi connectivity index (χ1) is 11.6. The summed E-state index contributed by atoms with van der Waals surface area (Å²) < 4.78 is 85.5. The predicted octanol–water partition coefficient (Wildman–Crippen LogP) is 5.05. The van der Waals surface area contributed by atoms with Gasteiger partial charge in [0.2, 0.25) is 0 Å². The van der Waals surface area contributed by atoms with Crippen LogP contribution in [0.15, 0.2) is 35.2 Å². The molecule has 2 rings (SSSR count). The number of alkyl halides is 2. The zero-order chi connectivity index (χ0) is 18.8. The molecule has 0 heterocycles. The summed E-state index contributed by atoms with van der Waals surface area (Å²) in [6, 6.07) is 5.42. The molecule has 25 heavy (non-hydrogen) atoms. The molecule has 0 saturated carbocycles. The van der Waals surface area contributed by atoms with E-state index < -0.39 is 46.5 Å². The number of halogens is 6. The summed E-state index contributed by atoms with van der Waals surface area (Å²) in [4.78, 5) is 11.1. The molecule has 2 nitrogen and oxygen atoms in total. The van der Waals surface area contributed by atoms with E-state index in [1.54, 1.807) is 0 Å². The van der Waals surface area contributed by atoms with Gasteiger partial charge in [-0.2, -0.15) is 0 Å². The van der Waals surface area contributed by atoms with Crippen molar-refractivity contribution in [1.82, 2.24) is 0 Å². The van der Waals surface area contributed by atoms with Crippen molar-refractivity contribution in [3.63, 3.8) is 0 Å². The van der Waals surface area contributed by atoms with E-state index in [9.17, 15) is 31.1 Å². The van der Waals surface area contributed by atoms with Gasteiger partial charge in [0.15, 0.2) is 23.3 Å². The van der Waals surface area contributed by atoms with Crippen molar-refractivity contribution in [2.45, 2.75) is 17.7 Å². The summed E-state index contributed by atoms with van der Waals surface area (Å²) in [5.41, 5.74) is -1.56. The van der Waals surface area contributed by atoms with Crippen LogP contribution in [0.5, 0.6) is 5.75 Å². The van der Waals surface area contributed by atoms with Crippen molar-refractivity contribution in [2.24, 2.45) is 0 Å². The minimum Gasteiger partial charge on any atom is -0.427 e. The molecule has 0 unspecified atom stereocenters. The van der Waals surface area contributed by atoms with Crippen LogP contribution in [-0.4, -0.2) is 11.7 Å². The highest BCUT2D eigenvalue weighted by molar-refractivity contribution is 7.99. The Labute approximate surface area is 142 Å². The van der Waals surface area contributed by atoms with Crippen LogP contribution in [-0.2, 0) is 10.7 Å². The Morgan fingerprint density at radius 3 is 2.20 bits per heavy atom. The first kappa shape index (κ1) is 19.2. The number of carbonyl (C=O) groups is 1. The van der Waals surface area contributed by atoms with E-state index in [0.717, 1.165) is 0 Å². The SMILES string of the molecule is CC(=O)Oc1ccc(SCC(F)(F)c2cc(F)c(F)c(F)c2F)cc1. The molecule has 2 aromatic rings. The summed E-state index contributed by atoms with van der Waals surface area (Å²) in [5.74, 6) is -13.8. The first-order valence-electron chi connectivity index (χ1n) is 6.74. The van der Waals surface area contributed by atoms with Gasteiger partial charge in [-0.3, -0.25) is 4.79 Å². The van der Waals surface area contributed by atoms with E-state index >= 15 is 0 Å². The number of hydrogen-bond donors (Lipinski definition) is 0. The largest absolute Gasteiger partial charge is 0.427 e. The third-order valence-electron chi connectivity index (χ3n) is 3.00. The maximum absolute atomic E-state index is 14.1. The average molecular weight is 380 g/mol. The summed E-state index contributed by atoms with van der Waals surface area (Å²) in [6.45, 7) is 1.19. The smallest absolute Gasteiger partial charge is 0.308 e. The maximum Gasteiger partial charge on any atom is 0.308 e. The number of rotatable bonds is 5. The zero-order valence-corrected chi connectivity index (χ0v) is 13.4. The van der Waals surface area contributed by atoms with Gasteiger partial charge in [-0.05, 0) is 30.3 Å². The molecule has 0 bridgehead atoms. The van der Waals surface area contributed by atoms with E-state index in [0.29, 0.717) is 16.7 Å². The fraction of sp³-hybridized carbons (Fsp3) is 0.188. The summed E-state index contributed by atoms with van der Waals surface area (Å²) in [6.07, 6.45) is 0. The number of ether oxygens (including phenoxy) is 1. The van der Waals surface area contributed by atoms with Crippen LogP contribution >= 0.6 is 11.8 Å². The third-order valence-corrected chi connectivity index (χ3v) is 4.11. The van der Waals surface area contributed by atoms with Crippen LogP contribution in [0.2, 0.25) is 0 Å². The lowest BCUT2D eigenvalue weighted by molar-refractivity contribution is -0.131. The average Bonchev–Trinajstić information content (AvgIpc) is 2.55. The van der Waals surface area contributed by atoms with Gasteiger partial charge in [0.1, 0.15) is 5.75 Å². The summed E-state index contributed by atoms with van der Waals surface area (Å²) in [5, 5.41) is 0. The maximum atomic E-state index is 14.1. The normalized spacial score (nSPS) is 11.5. The number of benzene rings is 2. The first-order valence-corrected chi connectivity index (χ1v) is 7.73. The molecule has 9 heteroatoms. The lowest BCUT2D eigenvalue weighted by Gasteiger charge is -2.18. The van der Waals surface area contributed by atoms with E-state index in [-0.39, 0.29) is 11.8 Å². The molecular weight excluding hydrogens is 370 g/mol. The second-order valence-electron chi connectivity index (χ2n) is 4.91. The van der Waals surface area contributed by atoms with Crippen LogP contribution < -0.4 is 4.74 Å². The molecule has 0 aliphatic rings. The second kappa shape index (κ2) is 7.38. The van der Waals surface area contributed by atoms with Gasteiger partial charge in [0.25, 0.3) is 5.92 Å². The standard InChI is InChI=1S/C16H10F6O2S/c1-8(23)24-9-2-4-10(5-3-9)25-7-16(21,22)11-6-12(17)14(19)15(20)13(11)18/h2-6H,7H2,1H3. The van der Waals surface area contributed by atoms with Crippen molar-refractivity contribution in [1.29, 1.82) is 0 Å². The molecule has 0 atom stereocenters. The van der Waals surface area contributed by atoms with Crippen molar-refractivity contribution >= 4 is 17.7 Å². The topological polar surface area (TPSA) is 26.3 Å². The lowest BCUT2D eigenvalue weighted by Crippen LogP contribution is -2.20. The van der Waals surface area contributed by atoms with E-state index in [2.05, 4.69) is 0 Å². The second-order valence-corrected chi connectivity index (χ2v) is 5.95. The van der Waals surface area contributed by atoms with Crippen LogP contribution in [0.4, 0.5) is 26.3 Å². The molecule has 0 N–H and O–H groups in total. The van der Waals surface area contributed by atoms with Crippen molar-refractivity contribution in [3.8, 4) is 5.75 Å². The van der Waals surface area contributed by atoms with Crippen molar-refractivity contribution in [3.05, 3.63) is 59.2 Å². The number of esters is 1. The molecule has 0 spiro atoms. The monoisotopic (exact) mass is 380 g/mol. The van der Waals surface area contributed by atoms with Crippen LogP contribution in [0.1, 0.15) is 12.5 Å². The summed E-state index contributed by atoms with van der Waals surface area (Å²) >= 11 is 0.579. The molecule has 0 saturated heterocycles. The quantitative estimate of drug-likeness (QED) is 0.181. The molecule has 134 valence electrons. The Morgan fingerprint density at radius 2 is 1.64 bits per heavy atom. The van der Waals surface area contributed by atoms with Gasteiger partial charge in [0.05, 0.1) is 11.3 Å². The van der Waals surface area contributed by atoms with Gasteiger partial charge in [-0.15, -0.1) is 11.8 Å². The highest BCUT2D eigenvalue weighted by Crippen LogP contribution is 2.37. The molecule has 0 fully saturated rings. The number of thioether (sulfide) groups is 1. The predicted molar refractivity (Wildman–Crippen MR) is 78.6 cm³/mol. The highest BCUT2D eigenvalue weighted by atomic mass is 32.2. The minimum atomic E-state index is -3.95. The van der Waals surface area contributed by atoms with Gasteiger partial charge < -0.3 is 4.74 Å². The van der Waals surface area contributed by atoms with Crippen LogP contribution in [0, 0.1) is 23.3 Å². The van der Waals surface area contributed by atoms with E-state index in [1.807, 2.05) is 0 Å². The number of carbonyl (C=O) groups excluding carboxylic acids is 1. The van der Waals surface area contributed by atoms with E-state index in [1.165, 1.54) is 31.2 Å². The van der Waals surface area contributed by atoms with Gasteiger partial charge in [-0.1, -0.05) is 0 Å². The molecule has 0 amide bonds. The molecule has 0 aliphatic carbocycles. The van der Waals surface area contributed by atoms with Gasteiger partial charge >= 0.3 is 5.97 Å². The Kier molecular flexibility index (Phi) is 5.66. The van der Waals surface area contributed by atoms with E-state index in [4.69, 9.17) is 4.74 Å². The Hall–Kier alpha value is -2.16. The Bertz CT molecular complexity index is 792. The Morgan fingerprint density at radius 1 is 1.04 bits per heavy atom. The van der Waals surface area contributed by atoms with Crippen LogP contribution in [0.3, 0.4) is 0 Å². The van der Waals surface area contributed by atoms with Crippen molar-refractivity contribution < 1.29 is 35.9 Å². The van der Waals surface area contributed by atoms with Gasteiger partial charge in [-0.25, -0.2) is 26.3 Å². The van der Waals surface area contributed by atoms with Crippen LogP contribution in [0.25, 0.3) is 0 Å². The highest BCUT2D eigenvalue weighted by Gasteiger charge is 2.38. The van der Waals surface area contributed by atoms with Crippen molar-refractivity contribution in [2.75, 3.05) is 5.75 Å². The third kappa shape index (κ3) is 4.47. The molecule has 0 radical (unpaired) electrons. The molecule has 0 aliphatic heterocycles. The minimum absolute atomic E-state index is 0.0574. The fourth-order valence-corrected chi connectivity index (χ4v) is 2.69. The molecule has 2 aromatic carbocycles. The zero-order valence-electron chi connectivity index (χ0n) is 12.6. The summed E-state index contributed by atoms with van der Waals surface area (Å²) in [7, 11) is 0. The molecular formula is C16H10F6O2S. The molecule has 0 aromatic heterocycles. The number of hydrogen-bond acceptors (Lipinski definition) is 3.